The number of carbonyl (C=O) groups excluding carboxylic acids is 1. The van der Waals surface area contributed by atoms with Gasteiger partial charge in [0.25, 0.3) is 0 Å². The molecule has 0 fully saturated rings. The molecule has 2 aromatic rings. The standard InChI is InChI=1S/C19H16F3NO3Si/c1-27(2,3)7-6-11-4-5-15(14(20)8-11)23-18-13(19(25)26)9-12(10-24)16(21)17(18)22/h4-5,8-10,23H,1-3H3,(H,25,26). The number of aldehydes is 1. The second kappa shape index (κ2) is 7.68. The summed E-state index contributed by atoms with van der Waals surface area (Å²) < 4.78 is 42.4. The Bertz CT molecular complexity index is 988. The van der Waals surface area contributed by atoms with Crippen LogP contribution in [0.25, 0.3) is 0 Å². The highest BCUT2D eigenvalue weighted by molar-refractivity contribution is 6.83. The third-order valence-electron chi connectivity index (χ3n) is 3.40. The van der Waals surface area contributed by atoms with E-state index >= 15 is 0 Å². The fourth-order valence-electron chi connectivity index (χ4n) is 2.11. The highest BCUT2D eigenvalue weighted by Gasteiger charge is 2.23. The Balaban J connectivity index is 2.48. The summed E-state index contributed by atoms with van der Waals surface area (Å²) in [6, 6.07) is 4.53. The number of carboxylic acid groups (broad SMARTS) is 1. The van der Waals surface area contributed by atoms with Crippen molar-refractivity contribution in [3.63, 3.8) is 0 Å². The van der Waals surface area contributed by atoms with Crippen molar-refractivity contribution in [2.24, 2.45) is 0 Å². The predicted octanol–water partition coefficient (Wildman–Crippen LogP) is 4.59. The maximum Gasteiger partial charge on any atom is 0.337 e. The van der Waals surface area contributed by atoms with Gasteiger partial charge in [-0.2, -0.15) is 0 Å². The molecular formula is C19H16F3NO3Si. The molecule has 0 atom stereocenters. The maximum atomic E-state index is 14.3. The van der Waals surface area contributed by atoms with Crippen LogP contribution in [-0.4, -0.2) is 25.4 Å². The molecule has 0 aliphatic heterocycles. The number of carboxylic acids is 1. The second-order valence-electron chi connectivity index (χ2n) is 6.76. The van der Waals surface area contributed by atoms with Crippen LogP contribution in [0, 0.1) is 28.9 Å². The van der Waals surface area contributed by atoms with E-state index in [0.29, 0.717) is 11.6 Å². The van der Waals surface area contributed by atoms with Gasteiger partial charge in [0, 0.05) is 5.56 Å². The highest BCUT2D eigenvalue weighted by atomic mass is 28.3. The fraction of sp³-hybridized carbons (Fsp3) is 0.158. The Morgan fingerprint density at radius 2 is 1.81 bits per heavy atom. The van der Waals surface area contributed by atoms with E-state index in [1.54, 1.807) is 0 Å². The lowest BCUT2D eigenvalue weighted by Gasteiger charge is -2.13. The lowest BCUT2D eigenvalue weighted by atomic mass is 10.1. The number of carbonyl (C=O) groups is 2. The summed E-state index contributed by atoms with van der Waals surface area (Å²) in [5.41, 5.74) is 1.01. The van der Waals surface area contributed by atoms with Crippen LogP contribution in [0.4, 0.5) is 24.5 Å². The Hall–Kier alpha value is -3.05. The van der Waals surface area contributed by atoms with Crippen molar-refractivity contribution in [3.8, 4) is 11.5 Å². The second-order valence-corrected chi connectivity index (χ2v) is 11.5. The van der Waals surface area contributed by atoms with Gasteiger partial charge in [0.1, 0.15) is 13.9 Å². The minimum absolute atomic E-state index is 0.00121. The molecule has 140 valence electrons. The summed E-state index contributed by atoms with van der Waals surface area (Å²) in [5.74, 6) is -2.66. The molecule has 0 radical (unpaired) electrons. The van der Waals surface area contributed by atoms with Gasteiger partial charge >= 0.3 is 5.97 Å². The molecule has 0 unspecified atom stereocenters. The Kier molecular flexibility index (Phi) is 5.76. The molecule has 2 N–H and O–H groups in total. The average Bonchev–Trinajstić information content (AvgIpc) is 2.58. The van der Waals surface area contributed by atoms with Gasteiger partial charge in [0.2, 0.25) is 0 Å². The molecule has 0 aromatic heterocycles. The normalized spacial score (nSPS) is 10.7. The number of anilines is 2. The number of nitrogens with one attached hydrogen (secondary N) is 1. The van der Waals surface area contributed by atoms with Crippen molar-refractivity contribution in [2.75, 3.05) is 5.32 Å². The topological polar surface area (TPSA) is 66.4 Å². The van der Waals surface area contributed by atoms with Crippen LogP contribution in [-0.2, 0) is 0 Å². The zero-order chi connectivity index (χ0) is 20.4. The number of aromatic carboxylic acids is 1. The van der Waals surface area contributed by atoms with Gasteiger partial charge in [0.05, 0.1) is 22.5 Å². The highest BCUT2D eigenvalue weighted by Crippen LogP contribution is 2.29. The third kappa shape index (κ3) is 4.77. The van der Waals surface area contributed by atoms with E-state index in [4.69, 9.17) is 0 Å². The molecular weight excluding hydrogens is 375 g/mol. The monoisotopic (exact) mass is 391 g/mol. The molecule has 0 bridgehead atoms. The molecule has 0 aliphatic carbocycles. The van der Waals surface area contributed by atoms with Crippen molar-refractivity contribution in [2.45, 2.75) is 19.6 Å². The summed E-state index contributed by atoms with van der Waals surface area (Å²) in [7, 11) is -1.66. The van der Waals surface area contributed by atoms with Gasteiger partial charge in [-0.1, -0.05) is 25.6 Å². The van der Waals surface area contributed by atoms with Crippen molar-refractivity contribution in [1.29, 1.82) is 0 Å². The number of hydrogen-bond donors (Lipinski definition) is 2. The minimum atomic E-state index is -1.66. The Labute approximate surface area is 155 Å². The van der Waals surface area contributed by atoms with Crippen LogP contribution in [0.2, 0.25) is 19.6 Å². The molecule has 0 amide bonds. The Morgan fingerprint density at radius 1 is 1.15 bits per heavy atom. The smallest absolute Gasteiger partial charge is 0.337 e. The molecule has 27 heavy (non-hydrogen) atoms. The number of halogens is 3. The Morgan fingerprint density at radius 3 is 2.33 bits per heavy atom. The van der Waals surface area contributed by atoms with Crippen LogP contribution < -0.4 is 5.32 Å². The molecule has 0 saturated heterocycles. The quantitative estimate of drug-likeness (QED) is 0.455. The molecule has 0 aliphatic rings. The fourth-order valence-corrected chi connectivity index (χ4v) is 2.63. The van der Waals surface area contributed by atoms with E-state index in [1.807, 2.05) is 19.6 Å². The zero-order valence-corrected chi connectivity index (χ0v) is 15.8. The summed E-state index contributed by atoms with van der Waals surface area (Å²) in [6.45, 7) is 6.08. The summed E-state index contributed by atoms with van der Waals surface area (Å²) in [4.78, 5) is 22.1. The first-order chi connectivity index (χ1) is 12.5. The van der Waals surface area contributed by atoms with Gasteiger partial charge in [-0.05, 0) is 24.3 Å². The van der Waals surface area contributed by atoms with Gasteiger partial charge in [-0.25, -0.2) is 18.0 Å². The van der Waals surface area contributed by atoms with Gasteiger partial charge in [-0.15, -0.1) is 5.54 Å². The van der Waals surface area contributed by atoms with E-state index in [-0.39, 0.29) is 12.0 Å². The van der Waals surface area contributed by atoms with Crippen molar-refractivity contribution >= 4 is 31.7 Å². The van der Waals surface area contributed by atoms with E-state index < -0.39 is 48.3 Å². The van der Waals surface area contributed by atoms with Crippen molar-refractivity contribution < 1.29 is 27.9 Å². The predicted molar refractivity (Wildman–Crippen MR) is 98.6 cm³/mol. The molecule has 4 nitrogen and oxygen atoms in total. The van der Waals surface area contributed by atoms with Crippen LogP contribution in [0.3, 0.4) is 0 Å². The third-order valence-corrected chi connectivity index (χ3v) is 4.28. The van der Waals surface area contributed by atoms with Gasteiger partial charge < -0.3 is 10.4 Å². The van der Waals surface area contributed by atoms with E-state index in [9.17, 15) is 27.9 Å². The van der Waals surface area contributed by atoms with E-state index in [2.05, 4.69) is 16.8 Å². The molecule has 2 rings (SSSR count). The lowest BCUT2D eigenvalue weighted by molar-refractivity contribution is 0.0697. The zero-order valence-electron chi connectivity index (χ0n) is 14.8. The first kappa shape index (κ1) is 20.3. The van der Waals surface area contributed by atoms with Crippen LogP contribution >= 0.6 is 0 Å². The van der Waals surface area contributed by atoms with E-state index in [0.717, 1.165) is 6.07 Å². The van der Waals surface area contributed by atoms with Gasteiger partial charge in [0.15, 0.2) is 17.9 Å². The molecule has 0 heterocycles. The first-order valence-electron chi connectivity index (χ1n) is 7.83. The molecule has 2 aromatic carbocycles. The molecule has 8 heteroatoms. The van der Waals surface area contributed by atoms with Gasteiger partial charge in [-0.3, -0.25) is 4.79 Å². The number of hydrogen-bond acceptors (Lipinski definition) is 3. The van der Waals surface area contributed by atoms with Crippen LogP contribution in [0.5, 0.6) is 0 Å². The SMILES string of the molecule is C[Si](C)(C)C#Cc1ccc(Nc2c(C(=O)O)cc(C=O)c(F)c2F)c(F)c1. The maximum absolute atomic E-state index is 14.3. The number of rotatable bonds is 4. The summed E-state index contributed by atoms with van der Waals surface area (Å²) in [5, 5.41) is 11.4. The first-order valence-corrected chi connectivity index (χ1v) is 11.3. The van der Waals surface area contributed by atoms with E-state index in [1.165, 1.54) is 12.1 Å². The van der Waals surface area contributed by atoms with Crippen LogP contribution in [0.1, 0.15) is 26.3 Å². The van der Waals surface area contributed by atoms with Crippen molar-refractivity contribution in [1.82, 2.24) is 0 Å². The molecule has 0 spiro atoms. The van der Waals surface area contributed by atoms with Crippen molar-refractivity contribution in [3.05, 3.63) is 58.4 Å². The lowest BCUT2D eigenvalue weighted by Crippen LogP contribution is -2.16. The summed E-state index contributed by atoms with van der Waals surface area (Å²) >= 11 is 0. The molecule has 0 saturated carbocycles. The largest absolute Gasteiger partial charge is 0.478 e. The average molecular weight is 391 g/mol. The minimum Gasteiger partial charge on any atom is -0.478 e. The summed E-state index contributed by atoms with van der Waals surface area (Å²) in [6.07, 6.45) is 0.00121. The number of benzene rings is 2. The van der Waals surface area contributed by atoms with Crippen LogP contribution in [0.15, 0.2) is 24.3 Å².